The van der Waals surface area contributed by atoms with Crippen LogP contribution in [0.15, 0.2) is 35.3 Å². The van der Waals surface area contributed by atoms with Gasteiger partial charge in [0.15, 0.2) is 0 Å². The van der Waals surface area contributed by atoms with Crippen molar-refractivity contribution in [2.75, 3.05) is 20.7 Å². The Morgan fingerprint density at radius 1 is 1.39 bits per heavy atom. The Hall–Kier alpha value is -2.10. The molecule has 0 aromatic heterocycles. The molecule has 0 heterocycles. The highest BCUT2D eigenvalue weighted by Gasteiger charge is 2.09. The first-order valence-corrected chi connectivity index (χ1v) is 7.94. The second kappa shape index (κ2) is 14.8. The van der Waals surface area contributed by atoms with Gasteiger partial charge in [-0.3, -0.25) is 4.79 Å². The van der Waals surface area contributed by atoms with E-state index >= 15 is 0 Å². The number of aliphatic imine (C=N–C) groups is 1. The Labute approximate surface area is 141 Å². The van der Waals surface area contributed by atoms with E-state index in [1.807, 2.05) is 46.0 Å². The molecule has 0 saturated carbocycles. The van der Waals surface area contributed by atoms with Crippen LogP contribution in [0, 0.1) is 6.92 Å². The first-order valence-electron chi connectivity index (χ1n) is 7.94. The number of aryl methyl sites for hydroxylation is 1. The smallest absolute Gasteiger partial charge is 0.251 e. The van der Waals surface area contributed by atoms with E-state index in [4.69, 9.17) is 4.74 Å². The average Bonchev–Trinajstić information content (AvgIpc) is 2.56. The van der Waals surface area contributed by atoms with Crippen molar-refractivity contribution < 1.29 is 9.53 Å². The maximum absolute atomic E-state index is 11.8. The van der Waals surface area contributed by atoms with Crippen LogP contribution in [0.2, 0.25) is 0 Å². The zero-order valence-corrected chi connectivity index (χ0v) is 15.7. The molecule has 0 radical (unpaired) electrons. The average molecular weight is 320 g/mol. The molecule has 0 fully saturated rings. The maximum atomic E-state index is 11.8. The fourth-order valence-electron chi connectivity index (χ4n) is 1.48. The van der Waals surface area contributed by atoms with Crippen LogP contribution in [0.1, 0.15) is 50.0 Å². The molecule has 130 valence electrons. The van der Waals surface area contributed by atoms with E-state index < -0.39 is 0 Å². The first-order chi connectivity index (χ1) is 11.0. The van der Waals surface area contributed by atoms with Crippen molar-refractivity contribution >= 4 is 12.1 Å². The van der Waals surface area contributed by atoms with Crippen molar-refractivity contribution in [1.29, 1.82) is 0 Å². The van der Waals surface area contributed by atoms with Gasteiger partial charge in [-0.1, -0.05) is 39.0 Å². The third kappa shape index (κ3) is 11.2. The molecule has 1 aromatic rings. The number of benzene rings is 1. The molecule has 0 aliphatic rings. The van der Waals surface area contributed by atoms with Gasteiger partial charge >= 0.3 is 0 Å². The molecule has 0 aliphatic carbocycles. The number of nitrogens with one attached hydrogen (secondary N) is 1. The predicted octanol–water partition coefficient (Wildman–Crippen LogP) is 4.43. The van der Waals surface area contributed by atoms with Crippen LogP contribution in [-0.4, -0.2) is 32.8 Å². The largest absolute Gasteiger partial charge is 0.497 e. The Balaban J connectivity index is 0. The molecule has 4 heteroatoms. The third-order valence-electron chi connectivity index (χ3n) is 2.61. The maximum Gasteiger partial charge on any atom is 0.251 e. The van der Waals surface area contributed by atoms with Gasteiger partial charge in [-0.2, -0.15) is 0 Å². The first kappa shape index (κ1) is 23.2. The van der Waals surface area contributed by atoms with Crippen molar-refractivity contribution in [3.63, 3.8) is 0 Å². The van der Waals surface area contributed by atoms with E-state index in [0.29, 0.717) is 17.9 Å². The van der Waals surface area contributed by atoms with E-state index in [-0.39, 0.29) is 5.91 Å². The summed E-state index contributed by atoms with van der Waals surface area (Å²) < 4.78 is 5.09. The topological polar surface area (TPSA) is 50.7 Å². The summed E-state index contributed by atoms with van der Waals surface area (Å²) in [5.74, 6) is 0.588. The zero-order chi connectivity index (χ0) is 18.3. The van der Waals surface area contributed by atoms with Crippen LogP contribution < -0.4 is 10.1 Å². The highest BCUT2D eigenvalue weighted by atomic mass is 16.5. The minimum atomic E-state index is -0.0978. The van der Waals surface area contributed by atoms with E-state index in [1.165, 1.54) is 0 Å². The molecule has 1 rings (SSSR count). The Morgan fingerprint density at radius 3 is 2.39 bits per heavy atom. The van der Waals surface area contributed by atoms with E-state index in [9.17, 15) is 4.79 Å². The van der Waals surface area contributed by atoms with Gasteiger partial charge in [0.2, 0.25) is 0 Å². The number of ether oxygens (including phenoxy) is 1. The van der Waals surface area contributed by atoms with Crippen molar-refractivity contribution in [2.24, 2.45) is 4.99 Å². The molecular weight excluding hydrogens is 288 g/mol. The lowest BCUT2D eigenvalue weighted by molar-refractivity contribution is 0.0956. The minimum absolute atomic E-state index is 0.0978. The number of carbonyl (C=O) groups is 1. The lowest BCUT2D eigenvalue weighted by Crippen LogP contribution is -2.25. The summed E-state index contributed by atoms with van der Waals surface area (Å²) in [4.78, 5) is 15.6. The van der Waals surface area contributed by atoms with Gasteiger partial charge in [-0.15, -0.1) is 0 Å². The molecule has 0 aliphatic heterocycles. The Kier molecular flexibility index (Phi) is 14.9. The summed E-state index contributed by atoms with van der Waals surface area (Å²) in [6, 6.07) is 5.45. The molecule has 0 atom stereocenters. The normalized spacial score (nSPS) is 9.17. The van der Waals surface area contributed by atoms with Gasteiger partial charge in [0.1, 0.15) is 5.75 Å². The fourth-order valence-corrected chi connectivity index (χ4v) is 1.48. The number of nitrogens with zero attached hydrogens (tertiary/aromatic N) is 1. The van der Waals surface area contributed by atoms with Gasteiger partial charge in [-0.25, -0.2) is 0 Å². The molecule has 1 aromatic carbocycles. The third-order valence-corrected chi connectivity index (χ3v) is 2.61. The molecule has 1 amide bonds. The molecule has 0 saturated heterocycles. The number of hydrogen-bond acceptors (Lipinski definition) is 3. The van der Waals surface area contributed by atoms with Crippen LogP contribution in [-0.2, 0) is 0 Å². The molecule has 1 N–H and O–H groups in total. The van der Waals surface area contributed by atoms with E-state index in [0.717, 1.165) is 17.6 Å². The number of hydrogen-bond donors (Lipinski definition) is 1. The lowest BCUT2D eigenvalue weighted by Gasteiger charge is -2.09. The second-order valence-electron chi connectivity index (χ2n) is 4.67. The monoisotopic (exact) mass is 320 g/mol. The molecule has 4 nitrogen and oxygen atoms in total. The molecule has 0 spiro atoms. The van der Waals surface area contributed by atoms with Crippen LogP contribution in [0.25, 0.3) is 0 Å². The SMILES string of the molecule is C=C(C)CNC(=O)c1cc(OC)ccc1C.CC.CCC=NC. The number of methoxy groups -OCH3 is 1. The minimum Gasteiger partial charge on any atom is -0.497 e. The van der Waals surface area contributed by atoms with Crippen LogP contribution in [0.3, 0.4) is 0 Å². The van der Waals surface area contributed by atoms with Gasteiger partial charge in [0, 0.05) is 19.2 Å². The quantitative estimate of drug-likeness (QED) is 0.644. The van der Waals surface area contributed by atoms with Gasteiger partial charge in [-0.05, 0) is 44.2 Å². The summed E-state index contributed by atoms with van der Waals surface area (Å²) in [5, 5.41) is 2.80. The van der Waals surface area contributed by atoms with Crippen LogP contribution in [0.5, 0.6) is 5.75 Å². The highest BCUT2D eigenvalue weighted by molar-refractivity contribution is 5.96. The van der Waals surface area contributed by atoms with Crippen molar-refractivity contribution in [3.05, 3.63) is 41.5 Å². The van der Waals surface area contributed by atoms with E-state index in [2.05, 4.69) is 23.8 Å². The number of rotatable bonds is 5. The predicted molar refractivity (Wildman–Crippen MR) is 101 cm³/mol. The Bertz CT molecular complexity index is 494. The van der Waals surface area contributed by atoms with Gasteiger partial charge in [0.25, 0.3) is 5.91 Å². The summed E-state index contributed by atoms with van der Waals surface area (Å²) in [6.45, 7) is 14.1. The second-order valence-corrected chi connectivity index (χ2v) is 4.67. The van der Waals surface area contributed by atoms with Crippen LogP contribution in [0.4, 0.5) is 0 Å². The summed E-state index contributed by atoms with van der Waals surface area (Å²) in [5.41, 5.74) is 2.49. The zero-order valence-electron chi connectivity index (χ0n) is 15.7. The van der Waals surface area contributed by atoms with E-state index in [1.54, 1.807) is 20.2 Å². The standard InChI is InChI=1S/C13H17NO2.C4H9N.C2H6/c1-9(2)8-14-13(15)12-7-11(16-4)6-5-10(12)3;1-3-4-5-2;1-2/h5-7H,1,8H2,2-4H3,(H,14,15);4H,3H2,1-2H3;1-2H3. The fraction of sp³-hybridized carbons (Fsp3) is 0.474. The van der Waals surface area contributed by atoms with Gasteiger partial charge < -0.3 is 15.0 Å². The number of amides is 1. The molecule has 0 unspecified atom stereocenters. The lowest BCUT2D eigenvalue weighted by atomic mass is 10.1. The van der Waals surface area contributed by atoms with Crippen molar-refractivity contribution in [1.82, 2.24) is 5.32 Å². The highest BCUT2D eigenvalue weighted by Crippen LogP contribution is 2.16. The van der Waals surface area contributed by atoms with Crippen molar-refractivity contribution in [3.8, 4) is 5.75 Å². The summed E-state index contributed by atoms with van der Waals surface area (Å²) in [6.07, 6.45) is 2.93. The molecule has 0 bridgehead atoms. The summed E-state index contributed by atoms with van der Waals surface area (Å²) in [7, 11) is 3.36. The van der Waals surface area contributed by atoms with Crippen molar-refractivity contribution in [2.45, 2.75) is 41.0 Å². The molecular formula is C19H32N2O2. The van der Waals surface area contributed by atoms with Crippen LogP contribution >= 0.6 is 0 Å². The number of carbonyl (C=O) groups excluding carboxylic acids is 1. The molecule has 23 heavy (non-hydrogen) atoms. The van der Waals surface area contributed by atoms with Gasteiger partial charge in [0.05, 0.1) is 7.11 Å². The Morgan fingerprint density at radius 2 is 2.00 bits per heavy atom. The summed E-state index contributed by atoms with van der Waals surface area (Å²) >= 11 is 0.